The van der Waals surface area contributed by atoms with Crippen molar-refractivity contribution in [3.63, 3.8) is 0 Å². The monoisotopic (exact) mass is 336 g/mol. The largest absolute Gasteiger partial charge is 0.379 e. The van der Waals surface area contributed by atoms with Crippen molar-refractivity contribution in [1.29, 1.82) is 0 Å². The van der Waals surface area contributed by atoms with E-state index in [1.807, 2.05) is 18.6 Å². The first-order chi connectivity index (χ1) is 9.65. The number of nitrogens with zero attached hydrogens (tertiary/aromatic N) is 3. The zero-order chi connectivity index (χ0) is 14.1. The van der Waals surface area contributed by atoms with E-state index in [0.29, 0.717) is 17.1 Å². The Labute approximate surface area is 124 Å². The number of hydrogen-bond donors (Lipinski definition) is 1. The Hall–Kier alpha value is -1.89. The van der Waals surface area contributed by atoms with Crippen molar-refractivity contribution in [1.82, 2.24) is 9.55 Å². The van der Waals surface area contributed by atoms with E-state index in [2.05, 4.69) is 30.8 Å². The van der Waals surface area contributed by atoms with Crippen LogP contribution in [0, 0.1) is 10.1 Å². The number of rotatable bonds is 5. The number of benzene rings is 1. The summed E-state index contributed by atoms with van der Waals surface area (Å²) in [5.41, 5.74) is 1.88. The average molecular weight is 337 g/mol. The van der Waals surface area contributed by atoms with E-state index >= 15 is 0 Å². The lowest BCUT2D eigenvalue weighted by atomic mass is 10.2. The molecular formula is C13H13BrN4O2. The molecule has 1 saturated carbocycles. The van der Waals surface area contributed by atoms with Crippen LogP contribution in [0.4, 0.5) is 11.4 Å². The van der Waals surface area contributed by atoms with Crippen LogP contribution in [0.25, 0.3) is 0 Å². The second-order valence-corrected chi connectivity index (χ2v) is 5.65. The Balaban J connectivity index is 1.73. The van der Waals surface area contributed by atoms with Gasteiger partial charge in [0.15, 0.2) is 0 Å². The van der Waals surface area contributed by atoms with Gasteiger partial charge in [-0.05, 0) is 40.9 Å². The fraction of sp³-hybridized carbons (Fsp3) is 0.308. The molecule has 0 unspecified atom stereocenters. The Morgan fingerprint density at radius 1 is 1.50 bits per heavy atom. The molecule has 1 aliphatic carbocycles. The molecule has 104 valence electrons. The molecule has 6 nitrogen and oxygen atoms in total. The number of nitrogens with one attached hydrogen (secondary N) is 1. The Bertz CT molecular complexity index is 652. The second kappa shape index (κ2) is 5.24. The molecule has 0 saturated heterocycles. The summed E-state index contributed by atoms with van der Waals surface area (Å²) in [6, 6.07) is 5.60. The standard InChI is InChI=1S/C13H13BrN4O2/c14-12-4-1-9(5-13(12)18(19)20)16-7-11-6-15-8-17(11)10-2-3-10/h1,4-6,8,10,16H,2-3,7H2. The number of nitro groups is 1. The van der Waals surface area contributed by atoms with E-state index in [9.17, 15) is 10.1 Å². The second-order valence-electron chi connectivity index (χ2n) is 4.80. The van der Waals surface area contributed by atoms with E-state index in [-0.39, 0.29) is 5.69 Å². The van der Waals surface area contributed by atoms with Crippen LogP contribution in [0.5, 0.6) is 0 Å². The Kier molecular flexibility index (Phi) is 3.43. The maximum absolute atomic E-state index is 10.9. The zero-order valence-electron chi connectivity index (χ0n) is 10.6. The van der Waals surface area contributed by atoms with E-state index in [1.54, 1.807) is 6.07 Å². The van der Waals surface area contributed by atoms with E-state index < -0.39 is 4.92 Å². The third-order valence-electron chi connectivity index (χ3n) is 3.30. The van der Waals surface area contributed by atoms with Gasteiger partial charge < -0.3 is 9.88 Å². The van der Waals surface area contributed by atoms with Crippen LogP contribution in [-0.2, 0) is 6.54 Å². The molecule has 0 bridgehead atoms. The van der Waals surface area contributed by atoms with Crippen molar-refractivity contribution in [3.8, 4) is 0 Å². The average Bonchev–Trinajstić information content (AvgIpc) is 3.16. The Morgan fingerprint density at radius 3 is 3.00 bits per heavy atom. The van der Waals surface area contributed by atoms with Gasteiger partial charge >= 0.3 is 0 Å². The van der Waals surface area contributed by atoms with Gasteiger partial charge in [0.1, 0.15) is 0 Å². The highest BCUT2D eigenvalue weighted by Gasteiger charge is 2.25. The van der Waals surface area contributed by atoms with Crippen LogP contribution >= 0.6 is 15.9 Å². The number of aromatic nitrogens is 2. The topological polar surface area (TPSA) is 73.0 Å². The molecular weight excluding hydrogens is 324 g/mol. The predicted molar refractivity (Wildman–Crippen MR) is 78.6 cm³/mol. The first kappa shape index (κ1) is 13.1. The molecule has 0 atom stereocenters. The molecule has 0 radical (unpaired) electrons. The minimum atomic E-state index is -0.399. The minimum absolute atomic E-state index is 0.0608. The van der Waals surface area contributed by atoms with Gasteiger partial charge in [0, 0.05) is 24.0 Å². The highest BCUT2D eigenvalue weighted by Crippen LogP contribution is 2.35. The van der Waals surface area contributed by atoms with Gasteiger partial charge in [-0.1, -0.05) is 0 Å². The first-order valence-electron chi connectivity index (χ1n) is 6.33. The number of anilines is 1. The van der Waals surface area contributed by atoms with Crippen molar-refractivity contribution in [3.05, 3.63) is 51.0 Å². The van der Waals surface area contributed by atoms with Crippen LogP contribution in [0.15, 0.2) is 35.2 Å². The highest BCUT2D eigenvalue weighted by molar-refractivity contribution is 9.10. The van der Waals surface area contributed by atoms with Crippen LogP contribution in [0.1, 0.15) is 24.6 Å². The van der Waals surface area contributed by atoms with Crippen LogP contribution in [-0.4, -0.2) is 14.5 Å². The van der Waals surface area contributed by atoms with Crippen molar-refractivity contribution in [2.45, 2.75) is 25.4 Å². The van der Waals surface area contributed by atoms with Gasteiger partial charge in [0.2, 0.25) is 0 Å². The SMILES string of the molecule is O=[N+]([O-])c1cc(NCc2cncn2C2CC2)ccc1Br. The lowest BCUT2D eigenvalue weighted by molar-refractivity contribution is -0.385. The van der Waals surface area contributed by atoms with Crippen molar-refractivity contribution in [2.24, 2.45) is 0 Å². The molecule has 1 aliphatic rings. The molecule has 3 rings (SSSR count). The summed E-state index contributed by atoms with van der Waals surface area (Å²) >= 11 is 3.18. The van der Waals surface area contributed by atoms with Gasteiger partial charge in [-0.3, -0.25) is 10.1 Å². The summed E-state index contributed by atoms with van der Waals surface area (Å²) in [7, 11) is 0. The Morgan fingerprint density at radius 2 is 2.30 bits per heavy atom. The molecule has 0 aliphatic heterocycles. The summed E-state index contributed by atoms with van der Waals surface area (Å²) in [5, 5.41) is 14.1. The van der Waals surface area contributed by atoms with Gasteiger partial charge in [0.05, 0.1) is 28.0 Å². The van der Waals surface area contributed by atoms with Crippen molar-refractivity contribution < 1.29 is 4.92 Å². The van der Waals surface area contributed by atoms with Crippen LogP contribution in [0.2, 0.25) is 0 Å². The van der Waals surface area contributed by atoms with Gasteiger partial charge in [-0.25, -0.2) is 4.98 Å². The third-order valence-corrected chi connectivity index (χ3v) is 3.97. The molecule has 0 spiro atoms. The van der Waals surface area contributed by atoms with E-state index in [4.69, 9.17) is 0 Å². The summed E-state index contributed by atoms with van der Waals surface area (Å²) in [6.07, 6.45) is 6.08. The van der Waals surface area contributed by atoms with Crippen molar-refractivity contribution >= 4 is 27.3 Å². The maximum Gasteiger partial charge on any atom is 0.285 e. The molecule has 0 amide bonds. The summed E-state index contributed by atoms with van der Waals surface area (Å²) in [6.45, 7) is 0.606. The first-order valence-corrected chi connectivity index (χ1v) is 7.13. The van der Waals surface area contributed by atoms with Crippen molar-refractivity contribution in [2.75, 3.05) is 5.32 Å². The molecule has 1 N–H and O–H groups in total. The van der Waals surface area contributed by atoms with Gasteiger partial charge in [0.25, 0.3) is 5.69 Å². The lowest BCUT2D eigenvalue weighted by Crippen LogP contribution is -2.06. The fourth-order valence-corrected chi connectivity index (χ4v) is 2.50. The van der Waals surface area contributed by atoms with E-state index in [0.717, 1.165) is 11.4 Å². The lowest BCUT2D eigenvalue weighted by Gasteiger charge is -2.09. The minimum Gasteiger partial charge on any atom is -0.379 e. The maximum atomic E-state index is 10.9. The molecule has 1 heterocycles. The normalized spacial score (nSPS) is 14.2. The molecule has 7 heteroatoms. The quantitative estimate of drug-likeness (QED) is 0.669. The molecule has 1 aromatic carbocycles. The summed E-state index contributed by atoms with van der Waals surface area (Å²) in [4.78, 5) is 14.7. The summed E-state index contributed by atoms with van der Waals surface area (Å²) in [5.74, 6) is 0. The molecule has 1 fully saturated rings. The fourth-order valence-electron chi connectivity index (χ4n) is 2.11. The van der Waals surface area contributed by atoms with Crippen LogP contribution in [0.3, 0.4) is 0 Å². The molecule has 1 aromatic heterocycles. The summed E-state index contributed by atoms with van der Waals surface area (Å²) < 4.78 is 2.65. The number of halogens is 1. The number of nitro benzene ring substituents is 1. The highest BCUT2D eigenvalue weighted by atomic mass is 79.9. The number of hydrogen-bond acceptors (Lipinski definition) is 4. The van der Waals surface area contributed by atoms with E-state index in [1.165, 1.54) is 18.9 Å². The third kappa shape index (κ3) is 2.67. The molecule has 20 heavy (non-hydrogen) atoms. The number of imidazole rings is 1. The van der Waals surface area contributed by atoms with Gasteiger partial charge in [-0.15, -0.1) is 0 Å². The predicted octanol–water partition coefficient (Wildman–Crippen LogP) is 3.50. The van der Waals surface area contributed by atoms with Crippen LogP contribution < -0.4 is 5.32 Å². The van der Waals surface area contributed by atoms with Gasteiger partial charge in [-0.2, -0.15) is 0 Å². The smallest absolute Gasteiger partial charge is 0.285 e. The zero-order valence-corrected chi connectivity index (χ0v) is 12.2. The molecule has 2 aromatic rings.